The lowest BCUT2D eigenvalue weighted by Crippen LogP contribution is -2.36. The second kappa shape index (κ2) is 8.39. The standard InChI is InChI=1S/C20H25NO3/c1-14(2)18-7-5-6-8-19(18)24-15(3)20(22)21-13-16-9-11-17(23-4)12-10-16/h5-12,14-15H,13H2,1-4H3,(H,21,22). The van der Waals surface area contributed by atoms with Crippen LogP contribution in [0.3, 0.4) is 0 Å². The Morgan fingerprint density at radius 1 is 1.04 bits per heavy atom. The largest absolute Gasteiger partial charge is 0.497 e. The van der Waals surface area contributed by atoms with Gasteiger partial charge >= 0.3 is 0 Å². The summed E-state index contributed by atoms with van der Waals surface area (Å²) >= 11 is 0. The number of hydrogen-bond donors (Lipinski definition) is 1. The molecule has 2 aromatic carbocycles. The van der Waals surface area contributed by atoms with E-state index in [1.54, 1.807) is 14.0 Å². The predicted molar refractivity (Wildman–Crippen MR) is 95.5 cm³/mol. The van der Waals surface area contributed by atoms with E-state index in [4.69, 9.17) is 9.47 Å². The normalized spacial score (nSPS) is 11.9. The molecule has 0 spiro atoms. The molecule has 24 heavy (non-hydrogen) atoms. The van der Waals surface area contributed by atoms with Crippen molar-refractivity contribution in [3.05, 3.63) is 59.7 Å². The average Bonchev–Trinajstić information content (AvgIpc) is 2.60. The molecule has 0 heterocycles. The lowest BCUT2D eigenvalue weighted by Gasteiger charge is -2.18. The Balaban J connectivity index is 1.92. The number of benzene rings is 2. The van der Waals surface area contributed by atoms with Crippen LogP contribution in [-0.4, -0.2) is 19.1 Å². The van der Waals surface area contributed by atoms with Gasteiger partial charge in [0, 0.05) is 6.54 Å². The molecule has 2 aromatic rings. The van der Waals surface area contributed by atoms with Crippen molar-refractivity contribution in [1.82, 2.24) is 5.32 Å². The van der Waals surface area contributed by atoms with Gasteiger partial charge in [0.2, 0.25) is 0 Å². The van der Waals surface area contributed by atoms with E-state index in [2.05, 4.69) is 19.2 Å². The van der Waals surface area contributed by atoms with Crippen LogP contribution in [0.4, 0.5) is 0 Å². The van der Waals surface area contributed by atoms with Gasteiger partial charge in [-0.25, -0.2) is 0 Å². The maximum absolute atomic E-state index is 12.3. The molecular formula is C20H25NO3. The van der Waals surface area contributed by atoms with Crippen molar-refractivity contribution in [2.45, 2.75) is 39.3 Å². The highest BCUT2D eigenvalue weighted by molar-refractivity contribution is 5.80. The molecule has 1 unspecified atom stereocenters. The summed E-state index contributed by atoms with van der Waals surface area (Å²) in [6, 6.07) is 15.4. The lowest BCUT2D eigenvalue weighted by atomic mass is 10.0. The quantitative estimate of drug-likeness (QED) is 0.839. The minimum Gasteiger partial charge on any atom is -0.497 e. The molecule has 0 aliphatic carbocycles. The summed E-state index contributed by atoms with van der Waals surface area (Å²) in [5.74, 6) is 1.77. The van der Waals surface area contributed by atoms with Gasteiger partial charge in [0.05, 0.1) is 7.11 Å². The van der Waals surface area contributed by atoms with Crippen LogP contribution >= 0.6 is 0 Å². The highest BCUT2D eigenvalue weighted by Gasteiger charge is 2.16. The van der Waals surface area contributed by atoms with Crippen LogP contribution in [0.25, 0.3) is 0 Å². The Bertz CT molecular complexity index is 665. The van der Waals surface area contributed by atoms with Gasteiger partial charge in [-0.2, -0.15) is 0 Å². The molecule has 128 valence electrons. The first-order valence-corrected chi connectivity index (χ1v) is 8.17. The molecular weight excluding hydrogens is 302 g/mol. The molecule has 0 bridgehead atoms. The number of methoxy groups -OCH3 is 1. The average molecular weight is 327 g/mol. The van der Waals surface area contributed by atoms with Crippen LogP contribution in [0.5, 0.6) is 11.5 Å². The number of carbonyl (C=O) groups excluding carboxylic acids is 1. The molecule has 0 saturated heterocycles. The third-order valence-electron chi connectivity index (χ3n) is 3.84. The first kappa shape index (κ1) is 17.9. The van der Waals surface area contributed by atoms with Crippen molar-refractivity contribution in [3.8, 4) is 11.5 Å². The van der Waals surface area contributed by atoms with Gasteiger partial charge in [0.1, 0.15) is 11.5 Å². The van der Waals surface area contributed by atoms with Crippen LogP contribution in [0, 0.1) is 0 Å². The van der Waals surface area contributed by atoms with E-state index in [9.17, 15) is 4.79 Å². The fourth-order valence-corrected chi connectivity index (χ4v) is 2.39. The summed E-state index contributed by atoms with van der Waals surface area (Å²) < 4.78 is 11.0. The maximum atomic E-state index is 12.3. The maximum Gasteiger partial charge on any atom is 0.261 e. The number of rotatable bonds is 7. The summed E-state index contributed by atoms with van der Waals surface area (Å²) in [5, 5.41) is 2.90. The molecule has 4 heteroatoms. The van der Waals surface area contributed by atoms with Gasteiger partial charge in [0.15, 0.2) is 6.10 Å². The number of hydrogen-bond acceptors (Lipinski definition) is 3. The van der Waals surface area contributed by atoms with Crippen molar-refractivity contribution >= 4 is 5.91 Å². The molecule has 0 aromatic heterocycles. The van der Waals surface area contributed by atoms with Gasteiger partial charge in [0.25, 0.3) is 5.91 Å². The van der Waals surface area contributed by atoms with E-state index in [-0.39, 0.29) is 5.91 Å². The Hall–Kier alpha value is -2.49. The lowest BCUT2D eigenvalue weighted by molar-refractivity contribution is -0.127. The van der Waals surface area contributed by atoms with Crippen molar-refractivity contribution in [3.63, 3.8) is 0 Å². The summed E-state index contributed by atoms with van der Waals surface area (Å²) in [6.45, 7) is 6.44. The number of amides is 1. The first-order chi connectivity index (χ1) is 11.5. The molecule has 0 aliphatic rings. The zero-order valence-corrected chi connectivity index (χ0v) is 14.7. The molecule has 0 aliphatic heterocycles. The van der Waals surface area contributed by atoms with Crippen LogP contribution in [-0.2, 0) is 11.3 Å². The smallest absolute Gasteiger partial charge is 0.261 e. The SMILES string of the molecule is COc1ccc(CNC(=O)C(C)Oc2ccccc2C(C)C)cc1. The van der Waals surface area contributed by atoms with Gasteiger partial charge in [-0.15, -0.1) is 0 Å². The van der Waals surface area contributed by atoms with E-state index < -0.39 is 6.10 Å². The Labute approximate surface area is 143 Å². The molecule has 1 N–H and O–H groups in total. The second-order valence-electron chi connectivity index (χ2n) is 6.02. The van der Waals surface area contributed by atoms with Crippen molar-refractivity contribution in [1.29, 1.82) is 0 Å². The fraction of sp³-hybridized carbons (Fsp3) is 0.350. The van der Waals surface area contributed by atoms with E-state index in [1.807, 2.05) is 48.5 Å². The number of para-hydroxylation sites is 1. The Kier molecular flexibility index (Phi) is 6.24. The molecule has 0 radical (unpaired) electrons. The third-order valence-corrected chi connectivity index (χ3v) is 3.84. The van der Waals surface area contributed by atoms with E-state index in [1.165, 1.54) is 0 Å². The van der Waals surface area contributed by atoms with Crippen molar-refractivity contribution < 1.29 is 14.3 Å². The summed E-state index contributed by atoms with van der Waals surface area (Å²) in [7, 11) is 1.63. The Morgan fingerprint density at radius 3 is 2.33 bits per heavy atom. The summed E-state index contributed by atoms with van der Waals surface area (Å²) in [4.78, 5) is 12.3. The number of ether oxygens (including phenoxy) is 2. The second-order valence-corrected chi connectivity index (χ2v) is 6.02. The third kappa shape index (κ3) is 4.75. The highest BCUT2D eigenvalue weighted by atomic mass is 16.5. The van der Waals surface area contributed by atoms with Gasteiger partial charge in [-0.1, -0.05) is 44.2 Å². The summed E-state index contributed by atoms with van der Waals surface area (Å²) in [5.41, 5.74) is 2.12. The minimum atomic E-state index is -0.553. The summed E-state index contributed by atoms with van der Waals surface area (Å²) in [6.07, 6.45) is -0.553. The van der Waals surface area contributed by atoms with Gasteiger partial charge < -0.3 is 14.8 Å². The molecule has 0 fully saturated rings. The van der Waals surface area contributed by atoms with Crippen molar-refractivity contribution in [2.75, 3.05) is 7.11 Å². The minimum absolute atomic E-state index is 0.135. The molecule has 4 nitrogen and oxygen atoms in total. The van der Waals surface area contributed by atoms with Crippen LogP contribution < -0.4 is 14.8 Å². The van der Waals surface area contributed by atoms with E-state index in [0.29, 0.717) is 12.5 Å². The van der Waals surface area contributed by atoms with E-state index in [0.717, 1.165) is 22.6 Å². The van der Waals surface area contributed by atoms with Gasteiger partial charge in [-0.3, -0.25) is 4.79 Å². The molecule has 1 amide bonds. The fourth-order valence-electron chi connectivity index (χ4n) is 2.39. The number of carbonyl (C=O) groups is 1. The zero-order valence-electron chi connectivity index (χ0n) is 14.7. The predicted octanol–water partition coefficient (Wildman–Crippen LogP) is 3.90. The number of nitrogens with one attached hydrogen (secondary N) is 1. The molecule has 0 saturated carbocycles. The van der Waals surface area contributed by atoms with E-state index >= 15 is 0 Å². The van der Waals surface area contributed by atoms with Crippen LogP contribution in [0.1, 0.15) is 37.8 Å². The highest BCUT2D eigenvalue weighted by Crippen LogP contribution is 2.26. The Morgan fingerprint density at radius 2 is 1.71 bits per heavy atom. The first-order valence-electron chi connectivity index (χ1n) is 8.17. The molecule has 2 rings (SSSR count). The van der Waals surface area contributed by atoms with Crippen molar-refractivity contribution in [2.24, 2.45) is 0 Å². The van der Waals surface area contributed by atoms with Gasteiger partial charge in [-0.05, 0) is 42.2 Å². The van der Waals surface area contributed by atoms with Crippen LogP contribution in [0.2, 0.25) is 0 Å². The molecule has 1 atom stereocenters. The topological polar surface area (TPSA) is 47.6 Å². The monoisotopic (exact) mass is 327 g/mol. The zero-order chi connectivity index (χ0) is 17.5. The van der Waals surface area contributed by atoms with Crippen LogP contribution in [0.15, 0.2) is 48.5 Å².